The van der Waals surface area contributed by atoms with Crippen LogP contribution in [-0.2, 0) is 5.60 Å². The molecule has 0 spiro atoms. The van der Waals surface area contributed by atoms with Gasteiger partial charge in [-0.05, 0) is 37.0 Å². The van der Waals surface area contributed by atoms with Crippen LogP contribution in [0.15, 0.2) is 28.7 Å². The Morgan fingerprint density at radius 1 is 1.19 bits per heavy atom. The fourth-order valence-electron chi connectivity index (χ4n) is 4.00. The number of rotatable bonds is 4. The first kappa shape index (κ1) is 17.0. The Bertz CT molecular complexity index is 454. The molecule has 118 valence electrons. The standard InChI is InChI=1S/C18H28BrNO/c1-2-18(21,15-9-8-10-16(19)13-15)17(14-20)11-6-4-3-5-7-12-17/h8-10,13,21H,2-7,11-12,14,20H2,1H3. The third-order valence-corrected chi connectivity index (χ3v) is 5.89. The van der Waals surface area contributed by atoms with Gasteiger partial charge in [0.15, 0.2) is 0 Å². The Hall–Kier alpha value is -0.380. The molecule has 21 heavy (non-hydrogen) atoms. The molecule has 1 aliphatic rings. The van der Waals surface area contributed by atoms with Crippen molar-refractivity contribution in [2.75, 3.05) is 6.54 Å². The normalized spacial score (nSPS) is 22.1. The van der Waals surface area contributed by atoms with E-state index in [0.717, 1.165) is 22.9 Å². The number of hydrogen-bond acceptors (Lipinski definition) is 2. The Morgan fingerprint density at radius 3 is 2.33 bits per heavy atom. The van der Waals surface area contributed by atoms with E-state index in [0.29, 0.717) is 13.0 Å². The molecule has 0 bridgehead atoms. The summed E-state index contributed by atoms with van der Waals surface area (Å²) in [7, 11) is 0. The smallest absolute Gasteiger partial charge is 0.0962 e. The molecule has 1 fully saturated rings. The Kier molecular flexibility index (Phi) is 5.87. The van der Waals surface area contributed by atoms with Crippen molar-refractivity contribution in [3.05, 3.63) is 34.3 Å². The second-order valence-corrected chi connectivity index (χ2v) is 7.39. The highest BCUT2D eigenvalue weighted by Gasteiger charge is 2.48. The molecular weight excluding hydrogens is 326 g/mol. The van der Waals surface area contributed by atoms with E-state index < -0.39 is 5.60 Å². The van der Waals surface area contributed by atoms with E-state index in [4.69, 9.17) is 5.73 Å². The molecule has 0 aliphatic heterocycles. The van der Waals surface area contributed by atoms with Gasteiger partial charge in [0, 0.05) is 16.4 Å². The third kappa shape index (κ3) is 3.35. The lowest BCUT2D eigenvalue weighted by molar-refractivity contribution is -0.104. The third-order valence-electron chi connectivity index (χ3n) is 5.39. The first-order chi connectivity index (χ1) is 10.1. The maximum Gasteiger partial charge on any atom is 0.0962 e. The van der Waals surface area contributed by atoms with Crippen LogP contribution < -0.4 is 5.73 Å². The summed E-state index contributed by atoms with van der Waals surface area (Å²) in [6, 6.07) is 8.12. The fraction of sp³-hybridized carbons (Fsp3) is 0.667. The van der Waals surface area contributed by atoms with E-state index in [1.54, 1.807) is 0 Å². The SMILES string of the molecule is CCC(O)(c1cccc(Br)c1)C1(CN)CCCCCCC1. The molecule has 2 rings (SSSR count). The van der Waals surface area contributed by atoms with E-state index in [1.165, 1.54) is 32.1 Å². The van der Waals surface area contributed by atoms with Gasteiger partial charge in [-0.2, -0.15) is 0 Å². The summed E-state index contributed by atoms with van der Waals surface area (Å²) in [6.45, 7) is 2.64. The quantitative estimate of drug-likeness (QED) is 0.821. The highest BCUT2D eigenvalue weighted by atomic mass is 79.9. The summed E-state index contributed by atoms with van der Waals surface area (Å²) in [5, 5.41) is 11.6. The van der Waals surface area contributed by atoms with E-state index in [9.17, 15) is 5.11 Å². The number of halogens is 1. The zero-order chi connectivity index (χ0) is 15.3. The monoisotopic (exact) mass is 353 g/mol. The molecule has 1 unspecified atom stereocenters. The molecular formula is C18H28BrNO. The van der Waals surface area contributed by atoms with Crippen LogP contribution in [0.25, 0.3) is 0 Å². The van der Waals surface area contributed by atoms with Crippen LogP contribution in [0.5, 0.6) is 0 Å². The zero-order valence-electron chi connectivity index (χ0n) is 13.1. The molecule has 0 amide bonds. The molecule has 2 nitrogen and oxygen atoms in total. The predicted octanol–water partition coefficient (Wildman–Crippen LogP) is 4.74. The van der Waals surface area contributed by atoms with Gasteiger partial charge in [-0.15, -0.1) is 0 Å². The van der Waals surface area contributed by atoms with Gasteiger partial charge in [0.25, 0.3) is 0 Å². The van der Waals surface area contributed by atoms with Gasteiger partial charge in [0.05, 0.1) is 5.60 Å². The van der Waals surface area contributed by atoms with E-state index in [1.807, 2.05) is 18.2 Å². The maximum absolute atomic E-state index is 11.6. The van der Waals surface area contributed by atoms with Crippen LogP contribution in [-0.4, -0.2) is 11.7 Å². The predicted molar refractivity (Wildman–Crippen MR) is 92.1 cm³/mol. The minimum absolute atomic E-state index is 0.192. The maximum atomic E-state index is 11.6. The molecule has 1 atom stereocenters. The molecule has 0 aromatic heterocycles. The van der Waals surface area contributed by atoms with E-state index in [-0.39, 0.29) is 5.41 Å². The average Bonchev–Trinajstić information content (AvgIpc) is 2.47. The van der Waals surface area contributed by atoms with Crippen molar-refractivity contribution in [3.63, 3.8) is 0 Å². The van der Waals surface area contributed by atoms with Crippen LogP contribution in [0.2, 0.25) is 0 Å². The van der Waals surface area contributed by atoms with Gasteiger partial charge in [-0.3, -0.25) is 0 Å². The first-order valence-electron chi connectivity index (χ1n) is 8.26. The van der Waals surface area contributed by atoms with Crippen LogP contribution in [0.1, 0.15) is 63.9 Å². The summed E-state index contributed by atoms with van der Waals surface area (Å²) in [5.74, 6) is 0. The molecule has 1 aromatic rings. The summed E-state index contributed by atoms with van der Waals surface area (Å²) >= 11 is 3.53. The number of benzene rings is 1. The van der Waals surface area contributed by atoms with Gasteiger partial charge in [-0.25, -0.2) is 0 Å². The van der Waals surface area contributed by atoms with Crippen molar-refractivity contribution >= 4 is 15.9 Å². The zero-order valence-corrected chi connectivity index (χ0v) is 14.7. The van der Waals surface area contributed by atoms with Crippen LogP contribution in [0.3, 0.4) is 0 Å². The lowest BCUT2D eigenvalue weighted by Crippen LogP contribution is -2.50. The van der Waals surface area contributed by atoms with Gasteiger partial charge in [-0.1, -0.05) is 67.1 Å². The van der Waals surface area contributed by atoms with Crippen molar-refractivity contribution < 1.29 is 5.11 Å². The Morgan fingerprint density at radius 2 is 1.81 bits per heavy atom. The highest BCUT2D eigenvalue weighted by molar-refractivity contribution is 9.10. The number of aliphatic hydroxyl groups is 1. The number of hydrogen-bond donors (Lipinski definition) is 2. The largest absolute Gasteiger partial charge is 0.385 e. The van der Waals surface area contributed by atoms with Crippen molar-refractivity contribution in [2.24, 2.45) is 11.1 Å². The second-order valence-electron chi connectivity index (χ2n) is 6.48. The summed E-state index contributed by atoms with van der Waals surface area (Å²) in [4.78, 5) is 0. The van der Waals surface area contributed by atoms with Crippen LogP contribution in [0.4, 0.5) is 0 Å². The van der Waals surface area contributed by atoms with Crippen LogP contribution >= 0.6 is 15.9 Å². The molecule has 3 N–H and O–H groups in total. The molecule has 3 heteroatoms. The van der Waals surface area contributed by atoms with Crippen molar-refractivity contribution in [1.29, 1.82) is 0 Å². The molecule has 1 aromatic carbocycles. The number of nitrogens with two attached hydrogens (primary N) is 1. The summed E-state index contributed by atoms with van der Waals surface area (Å²) in [5.41, 5.74) is 6.21. The summed E-state index contributed by atoms with van der Waals surface area (Å²) in [6.07, 6.45) is 8.96. The first-order valence-corrected chi connectivity index (χ1v) is 9.06. The lowest BCUT2D eigenvalue weighted by atomic mass is 9.61. The topological polar surface area (TPSA) is 46.2 Å². The van der Waals surface area contributed by atoms with Gasteiger partial charge in [0.2, 0.25) is 0 Å². The Balaban J connectivity index is 2.43. The highest BCUT2D eigenvalue weighted by Crippen LogP contribution is 2.50. The minimum Gasteiger partial charge on any atom is -0.385 e. The second kappa shape index (κ2) is 7.26. The van der Waals surface area contributed by atoms with Crippen molar-refractivity contribution in [2.45, 2.75) is 63.9 Å². The van der Waals surface area contributed by atoms with E-state index in [2.05, 4.69) is 28.9 Å². The van der Waals surface area contributed by atoms with Gasteiger partial charge >= 0.3 is 0 Å². The average molecular weight is 354 g/mol. The molecule has 0 saturated heterocycles. The molecule has 0 heterocycles. The van der Waals surface area contributed by atoms with Crippen molar-refractivity contribution in [1.82, 2.24) is 0 Å². The lowest BCUT2D eigenvalue weighted by Gasteiger charge is -2.48. The fourth-order valence-corrected chi connectivity index (χ4v) is 4.40. The van der Waals surface area contributed by atoms with Gasteiger partial charge in [0.1, 0.15) is 0 Å². The molecule has 1 saturated carbocycles. The van der Waals surface area contributed by atoms with Crippen LogP contribution in [0, 0.1) is 5.41 Å². The summed E-state index contributed by atoms with van der Waals surface area (Å²) < 4.78 is 1.02. The van der Waals surface area contributed by atoms with Crippen molar-refractivity contribution in [3.8, 4) is 0 Å². The Labute approximate surface area is 137 Å². The minimum atomic E-state index is -0.830. The molecule has 0 radical (unpaired) electrons. The van der Waals surface area contributed by atoms with E-state index >= 15 is 0 Å². The van der Waals surface area contributed by atoms with Gasteiger partial charge < -0.3 is 10.8 Å². The molecule has 1 aliphatic carbocycles.